The molecule has 1 heterocycles. The first-order valence-electron chi connectivity index (χ1n) is 9.56. The minimum absolute atomic E-state index is 0.192. The average Bonchev–Trinajstić information content (AvgIpc) is 3.12. The zero-order valence-electron chi connectivity index (χ0n) is 16.5. The summed E-state index contributed by atoms with van der Waals surface area (Å²) in [6.07, 6.45) is 1.54. The third-order valence-electron chi connectivity index (χ3n) is 5.31. The molecule has 0 saturated carbocycles. The Morgan fingerprint density at radius 1 is 0.966 bits per heavy atom. The van der Waals surface area contributed by atoms with Crippen molar-refractivity contribution in [1.82, 2.24) is 5.43 Å². The van der Waals surface area contributed by atoms with Gasteiger partial charge in [-0.1, -0.05) is 12.1 Å². The summed E-state index contributed by atoms with van der Waals surface area (Å²) in [7, 11) is 0. The van der Waals surface area contributed by atoms with Gasteiger partial charge in [0.1, 0.15) is 5.75 Å². The maximum Gasteiger partial charge on any atom is 0.271 e. The zero-order valence-corrected chi connectivity index (χ0v) is 16.5. The first-order chi connectivity index (χ1) is 14.0. The molecule has 0 spiro atoms. The maximum absolute atomic E-state index is 12.3. The number of hydrazone groups is 1. The highest BCUT2D eigenvalue weighted by atomic mass is 16.3. The van der Waals surface area contributed by atoms with Crippen molar-refractivity contribution in [3.63, 3.8) is 0 Å². The van der Waals surface area contributed by atoms with Crippen molar-refractivity contribution in [2.45, 2.75) is 26.9 Å². The second-order valence-electron chi connectivity index (χ2n) is 7.40. The predicted molar refractivity (Wildman–Crippen MR) is 115 cm³/mol. The van der Waals surface area contributed by atoms with E-state index in [4.69, 9.17) is 0 Å². The van der Waals surface area contributed by atoms with Crippen LogP contribution in [-0.4, -0.2) is 17.2 Å². The van der Waals surface area contributed by atoms with Gasteiger partial charge in [0, 0.05) is 24.3 Å². The third-order valence-corrected chi connectivity index (χ3v) is 5.31. The predicted octanol–water partition coefficient (Wildman–Crippen LogP) is 4.29. The van der Waals surface area contributed by atoms with Crippen LogP contribution in [0.15, 0.2) is 65.8 Å². The van der Waals surface area contributed by atoms with E-state index in [0.717, 1.165) is 24.3 Å². The number of nitrogens with zero attached hydrogens (tertiary/aromatic N) is 2. The van der Waals surface area contributed by atoms with Crippen LogP contribution in [0.5, 0.6) is 5.75 Å². The van der Waals surface area contributed by atoms with Crippen molar-refractivity contribution < 1.29 is 9.90 Å². The Bertz CT molecular complexity index is 1040. The lowest BCUT2D eigenvalue weighted by Gasteiger charge is -2.17. The number of carbonyl (C=O) groups is 1. The molecule has 5 heteroatoms. The summed E-state index contributed by atoms with van der Waals surface area (Å²) in [4.78, 5) is 14.6. The van der Waals surface area contributed by atoms with E-state index in [2.05, 4.69) is 41.4 Å². The largest absolute Gasteiger partial charge is 0.508 e. The molecule has 0 aliphatic carbocycles. The number of phenolic OH excluding ortho intramolecular Hbond substituents is 1. The third kappa shape index (κ3) is 4.14. The maximum atomic E-state index is 12.3. The number of aryl methyl sites for hydroxylation is 2. The molecule has 4 rings (SSSR count). The Labute approximate surface area is 170 Å². The Balaban J connectivity index is 1.39. The molecule has 0 unspecified atom stereocenters. The van der Waals surface area contributed by atoms with Crippen molar-refractivity contribution in [2.24, 2.45) is 5.10 Å². The molecule has 1 aliphatic rings. The first-order valence-corrected chi connectivity index (χ1v) is 9.56. The van der Waals surface area contributed by atoms with Gasteiger partial charge in [0.05, 0.1) is 6.21 Å². The molecule has 5 nitrogen and oxygen atoms in total. The standard InChI is InChI=1S/C24H23N3O2/c1-16-11-20-14-27(15-21(20)12-17(16)2)22-7-5-19(6-8-22)24(29)26-25-13-18-3-9-23(28)10-4-18/h3-13,28H,14-15H2,1-2H3,(H,26,29). The lowest BCUT2D eigenvalue weighted by molar-refractivity contribution is 0.0955. The van der Waals surface area contributed by atoms with E-state index in [9.17, 15) is 9.90 Å². The van der Waals surface area contributed by atoms with Crippen LogP contribution < -0.4 is 10.3 Å². The quantitative estimate of drug-likeness (QED) is 0.520. The summed E-state index contributed by atoms with van der Waals surface area (Å²) in [6.45, 7) is 6.07. The van der Waals surface area contributed by atoms with Crippen LogP contribution in [0.3, 0.4) is 0 Å². The van der Waals surface area contributed by atoms with Gasteiger partial charge in [-0.05, 0) is 90.2 Å². The summed E-state index contributed by atoms with van der Waals surface area (Å²) < 4.78 is 0. The summed E-state index contributed by atoms with van der Waals surface area (Å²) in [6, 6.07) is 18.7. The monoisotopic (exact) mass is 385 g/mol. The molecular formula is C24H23N3O2. The Hall–Kier alpha value is -3.60. The highest BCUT2D eigenvalue weighted by molar-refractivity contribution is 5.95. The Morgan fingerprint density at radius 2 is 1.55 bits per heavy atom. The number of aromatic hydroxyl groups is 1. The Kier molecular flexibility index (Phi) is 5.04. The summed E-state index contributed by atoms with van der Waals surface area (Å²) >= 11 is 0. The number of hydrogen-bond donors (Lipinski definition) is 2. The van der Waals surface area contributed by atoms with Crippen molar-refractivity contribution in [3.05, 3.63) is 94.0 Å². The molecule has 29 heavy (non-hydrogen) atoms. The van der Waals surface area contributed by atoms with Crippen LogP contribution in [0.2, 0.25) is 0 Å². The number of fused-ring (bicyclic) bond motifs is 1. The van der Waals surface area contributed by atoms with Gasteiger partial charge in [-0.3, -0.25) is 4.79 Å². The van der Waals surface area contributed by atoms with Crippen LogP contribution >= 0.6 is 0 Å². The van der Waals surface area contributed by atoms with Crippen molar-refractivity contribution in [1.29, 1.82) is 0 Å². The van der Waals surface area contributed by atoms with E-state index >= 15 is 0 Å². The van der Waals surface area contributed by atoms with Gasteiger partial charge in [0.25, 0.3) is 5.91 Å². The molecule has 0 bridgehead atoms. The van der Waals surface area contributed by atoms with Crippen LogP contribution in [0.25, 0.3) is 0 Å². The second-order valence-corrected chi connectivity index (χ2v) is 7.40. The van der Waals surface area contributed by atoms with Gasteiger partial charge in [-0.2, -0.15) is 5.10 Å². The fraction of sp³-hybridized carbons (Fsp3) is 0.167. The molecule has 0 atom stereocenters. The Morgan fingerprint density at radius 3 is 2.14 bits per heavy atom. The fourth-order valence-corrected chi connectivity index (χ4v) is 3.49. The van der Waals surface area contributed by atoms with E-state index in [1.54, 1.807) is 24.3 Å². The number of nitrogens with one attached hydrogen (secondary N) is 1. The van der Waals surface area contributed by atoms with Crippen LogP contribution in [0.4, 0.5) is 5.69 Å². The second kappa shape index (κ2) is 7.80. The van der Waals surface area contributed by atoms with E-state index in [1.807, 2.05) is 24.3 Å². The number of benzene rings is 3. The van der Waals surface area contributed by atoms with Gasteiger partial charge >= 0.3 is 0 Å². The van der Waals surface area contributed by atoms with Crippen LogP contribution in [0, 0.1) is 13.8 Å². The zero-order chi connectivity index (χ0) is 20.4. The number of anilines is 1. The highest BCUT2D eigenvalue weighted by Gasteiger charge is 2.20. The fourth-order valence-electron chi connectivity index (χ4n) is 3.49. The topological polar surface area (TPSA) is 64.9 Å². The van der Waals surface area contributed by atoms with Gasteiger partial charge < -0.3 is 10.0 Å². The van der Waals surface area contributed by atoms with Gasteiger partial charge in [0.15, 0.2) is 0 Å². The smallest absolute Gasteiger partial charge is 0.271 e. The SMILES string of the molecule is Cc1cc2c(cc1C)CN(c1ccc(C(=O)NN=Cc3ccc(O)cc3)cc1)C2. The number of carbonyl (C=O) groups excluding carboxylic acids is 1. The molecule has 2 N–H and O–H groups in total. The molecule has 0 saturated heterocycles. The number of rotatable bonds is 4. The molecule has 0 radical (unpaired) electrons. The molecule has 3 aromatic rings. The lowest BCUT2D eigenvalue weighted by atomic mass is 10.0. The van der Waals surface area contributed by atoms with E-state index in [1.165, 1.54) is 28.5 Å². The summed E-state index contributed by atoms with van der Waals surface area (Å²) in [5.41, 5.74) is 10.4. The first kappa shape index (κ1) is 18.7. The van der Waals surface area contributed by atoms with E-state index in [-0.39, 0.29) is 11.7 Å². The van der Waals surface area contributed by atoms with Gasteiger partial charge in [-0.25, -0.2) is 5.43 Å². The molecule has 0 fully saturated rings. The van der Waals surface area contributed by atoms with E-state index in [0.29, 0.717) is 5.56 Å². The van der Waals surface area contributed by atoms with Crippen LogP contribution in [-0.2, 0) is 13.1 Å². The molecule has 3 aromatic carbocycles. The highest BCUT2D eigenvalue weighted by Crippen LogP contribution is 2.30. The summed E-state index contributed by atoms with van der Waals surface area (Å²) in [5, 5.41) is 13.3. The number of amides is 1. The lowest BCUT2D eigenvalue weighted by Crippen LogP contribution is -2.18. The molecule has 0 aromatic heterocycles. The summed E-state index contributed by atoms with van der Waals surface area (Å²) in [5.74, 6) is -0.0693. The normalized spacial score (nSPS) is 13.0. The van der Waals surface area contributed by atoms with Crippen LogP contribution in [0.1, 0.15) is 38.2 Å². The molecular weight excluding hydrogens is 362 g/mol. The average molecular weight is 385 g/mol. The minimum Gasteiger partial charge on any atom is -0.508 e. The molecule has 1 aliphatic heterocycles. The van der Waals surface area contributed by atoms with Crippen molar-refractivity contribution >= 4 is 17.8 Å². The number of hydrogen-bond acceptors (Lipinski definition) is 4. The molecule has 1 amide bonds. The molecule has 146 valence electrons. The van der Waals surface area contributed by atoms with Gasteiger partial charge in [-0.15, -0.1) is 0 Å². The minimum atomic E-state index is -0.262. The van der Waals surface area contributed by atoms with Crippen molar-refractivity contribution in [2.75, 3.05) is 4.90 Å². The van der Waals surface area contributed by atoms with Gasteiger partial charge in [0.2, 0.25) is 0 Å². The number of phenols is 1. The van der Waals surface area contributed by atoms with E-state index < -0.39 is 0 Å². The van der Waals surface area contributed by atoms with Crippen molar-refractivity contribution in [3.8, 4) is 5.75 Å².